The van der Waals surface area contributed by atoms with Gasteiger partial charge in [0.1, 0.15) is 17.4 Å². The third kappa shape index (κ3) is 9.46. The summed E-state index contributed by atoms with van der Waals surface area (Å²) in [6, 6.07) is 20.1. The Morgan fingerprint density at radius 2 is 1.57 bits per heavy atom. The molecule has 0 bridgehead atoms. The van der Waals surface area contributed by atoms with Gasteiger partial charge in [0.05, 0.1) is 9.90 Å². The summed E-state index contributed by atoms with van der Waals surface area (Å²) in [5, 5.41) is 5.19. The summed E-state index contributed by atoms with van der Waals surface area (Å²) < 4.78 is 6.99. The molecule has 2 atom stereocenters. The van der Waals surface area contributed by atoms with Crippen LogP contribution in [0.1, 0.15) is 62.5 Å². The molecule has 0 aliphatic heterocycles. The van der Waals surface area contributed by atoms with Crippen molar-refractivity contribution < 1.29 is 19.6 Å². The molecule has 2 aromatic carbocycles. The van der Waals surface area contributed by atoms with Gasteiger partial charge in [0, 0.05) is 11.6 Å². The van der Waals surface area contributed by atoms with Crippen LogP contribution in [-0.2, 0) is 9.53 Å². The minimum atomic E-state index is -0.649. The predicted molar refractivity (Wildman–Crippen MR) is 155 cm³/mol. The zero-order chi connectivity index (χ0) is 27.2. The highest BCUT2D eigenvalue weighted by molar-refractivity contribution is 7.20. The van der Waals surface area contributed by atoms with Crippen molar-refractivity contribution in [3.05, 3.63) is 86.5 Å². The number of anilines is 1. The van der Waals surface area contributed by atoms with Crippen molar-refractivity contribution >= 4 is 52.0 Å². The molecule has 8 heteroatoms. The smallest absolute Gasteiger partial charge is 0.333 e. The summed E-state index contributed by atoms with van der Waals surface area (Å²) in [5.41, 5.74) is 2.10. The van der Waals surface area contributed by atoms with Gasteiger partial charge < -0.3 is 15.4 Å². The van der Waals surface area contributed by atoms with Crippen LogP contribution in [-0.4, -0.2) is 30.9 Å². The Balaban J connectivity index is 0.00000235. The Morgan fingerprint density at radius 3 is 2.11 bits per heavy atom. The van der Waals surface area contributed by atoms with E-state index in [1.165, 1.54) is 11.3 Å². The summed E-state index contributed by atoms with van der Waals surface area (Å²) in [5.74, 6) is -0.261. The summed E-state index contributed by atoms with van der Waals surface area (Å²) in [7, 11) is 0. The van der Waals surface area contributed by atoms with Gasteiger partial charge in [-0.05, 0) is 36.6 Å². The minimum absolute atomic E-state index is 0.0966. The van der Waals surface area contributed by atoms with Crippen molar-refractivity contribution in [3.8, 4) is 0 Å². The van der Waals surface area contributed by atoms with E-state index >= 15 is 0 Å². The lowest BCUT2D eigenvalue weighted by molar-refractivity contribution is -0.650. The minimum Gasteiger partial charge on any atom is -0.454 e. The number of carbonyl (C=O) groups is 2. The maximum Gasteiger partial charge on any atom is 0.333 e. The molecule has 3 aromatic rings. The number of esters is 1. The third-order valence-electron chi connectivity index (χ3n) is 5.98. The fourth-order valence-corrected chi connectivity index (χ4v) is 5.51. The van der Waals surface area contributed by atoms with Crippen molar-refractivity contribution in [1.82, 2.24) is 0 Å². The summed E-state index contributed by atoms with van der Waals surface area (Å²) in [6.45, 7) is 8.85. The van der Waals surface area contributed by atoms with Gasteiger partial charge in [-0.15, -0.1) is 11.3 Å². The number of hydrogen-bond donors (Lipinski definition) is 2. The van der Waals surface area contributed by atoms with E-state index < -0.39 is 6.04 Å². The van der Waals surface area contributed by atoms with E-state index in [1.807, 2.05) is 79.8 Å². The first-order valence-electron chi connectivity index (χ1n) is 12.8. The highest BCUT2D eigenvalue weighted by Crippen LogP contribution is 2.31. The lowest BCUT2D eigenvalue weighted by Gasteiger charge is -2.27. The van der Waals surface area contributed by atoms with Gasteiger partial charge in [0.2, 0.25) is 5.78 Å². The number of halogens is 2. The van der Waals surface area contributed by atoms with Gasteiger partial charge in [-0.25, -0.2) is 4.79 Å². The Morgan fingerprint density at radius 1 is 0.973 bits per heavy atom. The molecule has 0 aliphatic rings. The Kier molecular flexibility index (Phi) is 13.7. The van der Waals surface area contributed by atoms with Crippen LogP contribution in [0.5, 0.6) is 0 Å². The highest BCUT2D eigenvalue weighted by atomic mass is 35.5. The zero-order valence-corrected chi connectivity index (χ0v) is 24.2. The van der Waals surface area contributed by atoms with Crippen LogP contribution in [0.15, 0.2) is 66.7 Å². The first-order chi connectivity index (χ1) is 17.9. The number of carbonyl (C=O) groups excluding carboxylic acids is 2. The van der Waals surface area contributed by atoms with Gasteiger partial charge >= 0.3 is 5.97 Å². The molecule has 3 N–H and O–H groups in total. The number of rotatable bonds is 13. The Labute approximate surface area is 234 Å². The average Bonchev–Trinajstić information content (AvgIpc) is 3.27. The van der Waals surface area contributed by atoms with E-state index in [-0.39, 0.29) is 30.3 Å². The number of ketones is 1. The van der Waals surface area contributed by atoms with Crippen molar-refractivity contribution in [2.75, 3.05) is 18.4 Å². The van der Waals surface area contributed by atoms with Crippen LogP contribution in [0.25, 0.3) is 0 Å². The summed E-state index contributed by atoms with van der Waals surface area (Å²) in [6.07, 6.45) is 1.39. The lowest BCUT2D eigenvalue weighted by Crippen LogP contribution is -2.88. The van der Waals surface area contributed by atoms with E-state index in [1.54, 1.807) is 6.07 Å². The van der Waals surface area contributed by atoms with Crippen LogP contribution >= 0.6 is 34.5 Å². The molecule has 0 radical (unpaired) electrons. The summed E-state index contributed by atoms with van der Waals surface area (Å²) >= 11 is 13.3. The number of thiophene rings is 1. The second-order valence-corrected chi connectivity index (χ2v) is 10.6. The molecule has 0 saturated heterocycles. The number of benzene rings is 2. The number of quaternary nitrogens is 1. The monoisotopic (exact) mass is 563 g/mol. The van der Waals surface area contributed by atoms with E-state index in [0.29, 0.717) is 20.8 Å². The standard InChI is InChI=1S/C27H30Cl2N2O3S.C2H6/c1-3-18(4-2)23(17-30-16-22(32)21-15-24(28)35-26(21)29)34-27(33)25(19-11-7-5-8-12-19)31-20-13-9-6-10-14-20;1-2/h5-15,18,23,25,30-31H,3-4,16-17H2,1-2H3;1-2H3/p+1/t23-,25+;/m0./s1. The van der Waals surface area contributed by atoms with Crippen LogP contribution in [0.2, 0.25) is 8.67 Å². The van der Waals surface area contributed by atoms with Gasteiger partial charge in [0.15, 0.2) is 12.1 Å². The molecule has 0 aliphatic carbocycles. The largest absolute Gasteiger partial charge is 0.454 e. The van der Waals surface area contributed by atoms with E-state index in [4.69, 9.17) is 27.9 Å². The number of hydrogen-bond acceptors (Lipinski definition) is 5. The van der Waals surface area contributed by atoms with Crippen LogP contribution in [0.3, 0.4) is 0 Å². The van der Waals surface area contributed by atoms with E-state index in [9.17, 15) is 9.59 Å². The summed E-state index contributed by atoms with van der Waals surface area (Å²) in [4.78, 5) is 26.1. The number of nitrogens with one attached hydrogen (secondary N) is 1. The Bertz CT molecular complexity index is 1090. The van der Waals surface area contributed by atoms with Gasteiger partial charge in [-0.1, -0.05) is 99.4 Å². The van der Waals surface area contributed by atoms with Crippen molar-refractivity contribution in [2.24, 2.45) is 5.92 Å². The first-order valence-corrected chi connectivity index (χ1v) is 14.4. The molecular weight excluding hydrogens is 527 g/mol. The molecule has 37 heavy (non-hydrogen) atoms. The fourth-order valence-electron chi connectivity index (χ4n) is 4.01. The topological polar surface area (TPSA) is 72.0 Å². The third-order valence-corrected chi connectivity index (χ3v) is 7.47. The average molecular weight is 565 g/mol. The van der Waals surface area contributed by atoms with Crippen molar-refractivity contribution in [1.29, 1.82) is 0 Å². The second-order valence-electron chi connectivity index (χ2n) is 8.30. The number of nitrogens with two attached hydrogens (primary N) is 1. The molecule has 200 valence electrons. The SMILES string of the molecule is CC.CCC(CC)[C@H](C[NH2+]CC(=O)c1cc(Cl)sc1Cl)OC(=O)[C@H](Nc1ccccc1)c1ccccc1. The van der Waals surface area contributed by atoms with Crippen LogP contribution < -0.4 is 10.6 Å². The number of ether oxygens (including phenoxy) is 1. The quantitative estimate of drug-likeness (QED) is 0.173. The van der Waals surface area contributed by atoms with Crippen LogP contribution in [0, 0.1) is 5.92 Å². The Hall–Kier alpha value is -2.38. The molecule has 0 unspecified atom stereocenters. The molecule has 3 rings (SSSR count). The van der Waals surface area contributed by atoms with E-state index in [2.05, 4.69) is 19.2 Å². The lowest BCUT2D eigenvalue weighted by atomic mass is 9.96. The molecule has 0 saturated carbocycles. The molecule has 1 heterocycles. The molecule has 0 fully saturated rings. The van der Waals surface area contributed by atoms with Crippen molar-refractivity contribution in [3.63, 3.8) is 0 Å². The maximum atomic E-state index is 13.5. The highest BCUT2D eigenvalue weighted by Gasteiger charge is 2.30. The molecule has 5 nitrogen and oxygen atoms in total. The molecule has 0 spiro atoms. The predicted octanol–water partition coefficient (Wildman–Crippen LogP) is 7.03. The second kappa shape index (κ2) is 16.5. The number of para-hydroxylation sites is 1. The zero-order valence-electron chi connectivity index (χ0n) is 21.9. The fraction of sp³-hybridized carbons (Fsp3) is 0.379. The number of Topliss-reactive ketones (excluding diaryl/α,β-unsaturated/α-hetero) is 1. The van der Waals surface area contributed by atoms with E-state index in [0.717, 1.165) is 24.1 Å². The maximum absolute atomic E-state index is 13.5. The van der Waals surface area contributed by atoms with Gasteiger partial charge in [0.25, 0.3) is 0 Å². The molecule has 1 aromatic heterocycles. The van der Waals surface area contributed by atoms with Gasteiger partial charge in [-0.2, -0.15) is 0 Å². The normalized spacial score (nSPS) is 12.3. The van der Waals surface area contributed by atoms with Crippen LogP contribution in [0.4, 0.5) is 5.69 Å². The molecular formula is C29H37Cl2N2O3S+. The molecule has 0 amide bonds. The first kappa shape index (κ1) is 30.8. The van der Waals surface area contributed by atoms with Gasteiger partial charge in [-0.3, -0.25) is 4.79 Å². The van der Waals surface area contributed by atoms with Crippen molar-refractivity contribution in [2.45, 2.75) is 52.7 Å².